The molecule has 0 spiro atoms. The zero-order valence-corrected chi connectivity index (χ0v) is 12.8. The molecule has 0 bridgehead atoms. The molecule has 2 atom stereocenters. The van der Waals surface area contributed by atoms with Gasteiger partial charge in [0.15, 0.2) is 0 Å². The zero-order chi connectivity index (χ0) is 14.3. The van der Waals surface area contributed by atoms with Gasteiger partial charge in [-0.2, -0.15) is 4.37 Å². The van der Waals surface area contributed by atoms with Gasteiger partial charge in [0.2, 0.25) is 5.13 Å². The number of carboxylic acid groups (broad SMARTS) is 1. The van der Waals surface area contributed by atoms with E-state index >= 15 is 0 Å². The van der Waals surface area contributed by atoms with E-state index in [4.69, 9.17) is 0 Å². The fourth-order valence-electron chi connectivity index (χ4n) is 3.61. The van der Waals surface area contributed by atoms with Gasteiger partial charge < -0.3 is 10.0 Å². The Bertz CT molecular complexity index is 516. The molecule has 2 fully saturated rings. The fourth-order valence-corrected chi connectivity index (χ4v) is 4.31. The Morgan fingerprint density at radius 3 is 3.05 bits per heavy atom. The molecule has 0 unspecified atom stereocenters. The summed E-state index contributed by atoms with van der Waals surface area (Å²) in [7, 11) is 0. The molecule has 6 heteroatoms. The van der Waals surface area contributed by atoms with Crippen LogP contribution in [0.3, 0.4) is 0 Å². The molecule has 2 heterocycles. The van der Waals surface area contributed by atoms with Crippen LogP contribution in [0, 0.1) is 17.3 Å². The smallest absolute Gasteiger partial charge is 0.311 e. The molecule has 1 aliphatic carbocycles. The lowest BCUT2D eigenvalue weighted by atomic mass is 9.81. The Kier molecular flexibility index (Phi) is 3.44. The Morgan fingerprint density at radius 1 is 1.60 bits per heavy atom. The molecule has 1 aliphatic heterocycles. The summed E-state index contributed by atoms with van der Waals surface area (Å²) in [5, 5.41) is 10.5. The standard InChI is InChI=1S/C14H21N3O2S/c1-9(2)6-11-15-13(20-16-11)17-7-10-4-3-5-14(10,8-17)12(18)19/h9-10H,3-8H2,1-2H3,(H,18,19)/t10-,14+/m0/s1. The maximum atomic E-state index is 11.7. The average Bonchev–Trinajstić information content (AvgIpc) is 2.99. The summed E-state index contributed by atoms with van der Waals surface area (Å²) in [5.74, 6) is 1.08. The number of carboxylic acids is 1. The van der Waals surface area contributed by atoms with Gasteiger partial charge in [-0.25, -0.2) is 4.98 Å². The highest BCUT2D eigenvalue weighted by atomic mass is 32.1. The molecule has 1 aromatic heterocycles. The van der Waals surface area contributed by atoms with Crippen LogP contribution in [0.25, 0.3) is 0 Å². The number of aromatic nitrogens is 2. The van der Waals surface area contributed by atoms with Gasteiger partial charge in [-0.3, -0.25) is 4.79 Å². The van der Waals surface area contributed by atoms with Crippen molar-refractivity contribution >= 4 is 22.6 Å². The lowest BCUT2D eigenvalue weighted by Crippen LogP contribution is -2.35. The van der Waals surface area contributed by atoms with E-state index in [2.05, 4.69) is 28.1 Å². The molecule has 110 valence electrons. The van der Waals surface area contributed by atoms with Gasteiger partial charge in [0.25, 0.3) is 0 Å². The van der Waals surface area contributed by atoms with Crippen LogP contribution in [0.1, 0.15) is 38.9 Å². The number of nitrogens with zero attached hydrogens (tertiary/aromatic N) is 3. The predicted octanol–water partition coefficient (Wildman–Crippen LogP) is 2.43. The molecule has 2 aliphatic rings. The van der Waals surface area contributed by atoms with Crippen molar-refractivity contribution in [1.29, 1.82) is 0 Å². The van der Waals surface area contributed by atoms with Crippen molar-refractivity contribution in [3.8, 4) is 0 Å². The second-order valence-electron chi connectivity index (χ2n) is 6.52. The van der Waals surface area contributed by atoms with E-state index in [0.29, 0.717) is 12.5 Å². The minimum Gasteiger partial charge on any atom is -0.481 e. The molecule has 3 rings (SSSR count). The molecule has 1 aromatic rings. The van der Waals surface area contributed by atoms with Gasteiger partial charge in [-0.05, 0) is 24.7 Å². The van der Waals surface area contributed by atoms with Crippen LogP contribution >= 0.6 is 11.5 Å². The van der Waals surface area contributed by atoms with Gasteiger partial charge in [0.1, 0.15) is 5.82 Å². The van der Waals surface area contributed by atoms with Crippen LogP contribution in [0.5, 0.6) is 0 Å². The highest BCUT2D eigenvalue weighted by Crippen LogP contribution is 2.49. The first-order chi connectivity index (χ1) is 9.51. The number of carbonyl (C=O) groups is 1. The van der Waals surface area contributed by atoms with Gasteiger partial charge >= 0.3 is 5.97 Å². The van der Waals surface area contributed by atoms with Crippen molar-refractivity contribution in [3.05, 3.63) is 5.82 Å². The summed E-state index contributed by atoms with van der Waals surface area (Å²) in [6, 6.07) is 0. The summed E-state index contributed by atoms with van der Waals surface area (Å²) in [4.78, 5) is 18.4. The Hall–Kier alpha value is -1.17. The maximum absolute atomic E-state index is 11.7. The molecule has 0 amide bonds. The van der Waals surface area contributed by atoms with Crippen LogP contribution < -0.4 is 4.90 Å². The maximum Gasteiger partial charge on any atom is 0.311 e. The average molecular weight is 295 g/mol. The summed E-state index contributed by atoms with van der Waals surface area (Å²) in [5.41, 5.74) is -0.538. The summed E-state index contributed by atoms with van der Waals surface area (Å²) >= 11 is 1.41. The van der Waals surface area contributed by atoms with E-state index in [1.165, 1.54) is 11.5 Å². The van der Waals surface area contributed by atoms with Gasteiger partial charge in [0.05, 0.1) is 5.41 Å². The first-order valence-electron chi connectivity index (χ1n) is 7.32. The SMILES string of the molecule is CC(C)Cc1nsc(N2C[C@@H]3CCC[C@@]3(C(=O)O)C2)n1. The second kappa shape index (κ2) is 4.98. The normalized spacial score (nSPS) is 29.1. The van der Waals surface area contributed by atoms with Crippen LogP contribution in [0.2, 0.25) is 0 Å². The van der Waals surface area contributed by atoms with Crippen molar-refractivity contribution in [3.63, 3.8) is 0 Å². The fraction of sp³-hybridized carbons (Fsp3) is 0.786. The molecule has 1 saturated carbocycles. The molecule has 0 aromatic carbocycles. The minimum atomic E-state index is -0.630. The molecule has 1 saturated heterocycles. The van der Waals surface area contributed by atoms with E-state index < -0.39 is 11.4 Å². The topological polar surface area (TPSA) is 66.3 Å². The highest BCUT2D eigenvalue weighted by Gasteiger charge is 2.55. The first-order valence-corrected chi connectivity index (χ1v) is 8.09. The monoisotopic (exact) mass is 295 g/mol. The zero-order valence-electron chi connectivity index (χ0n) is 12.0. The first kappa shape index (κ1) is 13.8. The Balaban J connectivity index is 1.77. The molecule has 5 nitrogen and oxygen atoms in total. The largest absolute Gasteiger partial charge is 0.481 e. The van der Waals surface area contributed by atoms with E-state index in [1.54, 1.807) is 0 Å². The van der Waals surface area contributed by atoms with Crippen molar-refractivity contribution in [2.45, 2.75) is 39.5 Å². The third-order valence-corrected chi connectivity index (χ3v) is 5.43. The van der Waals surface area contributed by atoms with Crippen LogP contribution in [0.4, 0.5) is 5.13 Å². The molecular weight excluding hydrogens is 274 g/mol. The van der Waals surface area contributed by atoms with Crippen molar-refractivity contribution in [1.82, 2.24) is 9.36 Å². The van der Waals surface area contributed by atoms with E-state index in [0.717, 1.165) is 43.2 Å². The van der Waals surface area contributed by atoms with Gasteiger partial charge in [0, 0.05) is 31.0 Å². The predicted molar refractivity (Wildman–Crippen MR) is 78.1 cm³/mol. The molecular formula is C14H21N3O2S. The Labute approximate surface area is 123 Å². The van der Waals surface area contributed by atoms with E-state index in [1.807, 2.05) is 0 Å². The lowest BCUT2D eigenvalue weighted by molar-refractivity contribution is -0.149. The van der Waals surface area contributed by atoms with Crippen LogP contribution in [-0.4, -0.2) is 33.5 Å². The number of fused-ring (bicyclic) bond motifs is 1. The van der Waals surface area contributed by atoms with E-state index in [9.17, 15) is 9.90 Å². The molecule has 1 N–H and O–H groups in total. The number of hydrogen-bond acceptors (Lipinski definition) is 5. The molecule has 20 heavy (non-hydrogen) atoms. The third kappa shape index (κ3) is 2.20. The van der Waals surface area contributed by atoms with Crippen molar-refractivity contribution < 1.29 is 9.90 Å². The summed E-state index contributed by atoms with van der Waals surface area (Å²) in [6.45, 7) is 5.73. The van der Waals surface area contributed by atoms with E-state index in [-0.39, 0.29) is 5.92 Å². The molecule has 0 radical (unpaired) electrons. The van der Waals surface area contributed by atoms with Crippen molar-refractivity contribution in [2.75, 3.05) is 18.0 Å². The van der Waals surface area contributed by atoms with Crippen LogP contribution in [0.15, 0.2) is 0 Å². The van der Waals surface area contributed by atoms with Crippen molar-refractivity contribution in [2.24, 2.45) is 17.3 Å². The second-order valence-corrected chi connectivity index (χ2v) is 7.25. The quantitative estimate of drug-likeness (QED) is 0.924. The van der Waals surface area contributed by atoms with Gasteiger partial charge in [-0.1, -0.05) is 20.3 Å². The third-order valence-electron chi connectivity index (χ3n) is 4.62. The number of hydrogen-bond donors (Lipinski definition) is 1. The number of rotatable bonds is 4. The highest BCUT2D eigenvalue weighted by molar-refractivity contribution is 7.09. The van der Waals surface area contributed by atoms with Crippen LogP contribution in [-0.2, 0) is 11.2 Å². The summed E-state index contributed by atoms with van der Waals surface area (Å²) in [6.07, 6.45) is 3.76. The number of anilines is 1. The van der Waals surface area contributed by atoms with Gasteiger partial charge in [-0.15, -0.1) is 0 Å². The lowest BCUT2D eigenvalue weighted by Gasteiger charge is -2.22. The minimum absolute atomic E-state index is 0.275. The summed E-state index contributed by atoms with van der Waals surface area (Å²) < 4.78 is 4.40. The number of aliphatic carboxylic acids is 1. The Morgan fingerprint density at radius 2 is 2.40 bits per heavy atom.